The van der Waals surface area contributed by atoms with Crippen LogP contribution in [-0.4, -0.2) is 31.7 Å². The molecule has 1 aromatic carbocycles. The van der Waals surface area contributed by atoms with E-state index >= 15 is 0 Å². The minimum atomic E-state index is -4.91. The summed E-state index contributed by atoms with van der Waals surface area (Å²) in [5.41, 5.74) is -0.170. The molecule has 0 saturated heterocycles. The quantitative estimate of drug-likeness (QED) is 0.600. The monoisotopic (exact) mass is 333 g/mol. The van der Waals surface area contributed by atoms with Gasteiger partial charge in [-0.25, -0.2) is 0 Å². The Hall–Kier alpha value is -1.95. The molecule has 0 spiro atoms. The second-order valence-corrected chi connectivity index (χ2v) is 6.93. The Bertz CT molecular complexity index is 882. The van der Waals surface area contributed by atoms with Gasteiger partial charge in [0, 0.05) is 0 Å². The van der Waals surface area contributed by atoms with Gasteiger partial charge in [-0.15, -0.1) is 4.91 Å². The highest BCUT2D eigenvalue weighted by Gasteiger charge is 2.37. The summed E-state index contributed by atoms with van der Waals surface area (Å²) in [4.78, 5) is 20.9. The van der Waals surface area contributed by atoms with Crippen LogP contribution in [0.5, 0.6) is 0 Å². The third-order valence-electron chi connectivity index (χ3n) is 2.81. The van der Waals surface area contributed by atoms with Gasteiger partial charge in [-0.1, -0.05) is 11.2 Å². The van der Waals surface area contributed by atoms with Gasteiger partial charge in [0.25, 0.3) is 20.2 Å². The van der Waals surface area contributed by atoms with Gasteiger partial charge in [-0.2, -0.15) is 16.8 Å². The summed E-state index contributed by atoms with van der Waals surface area (Å²) < 4.78 is 62.1. The van der Waals surface area contributed by atoms with Crippen LogP contribution >= 0.6 is 0 Å². The van der Waals surface area contributed by atoms with E-state index in [1.165, 1.54) is 0 Å². The molecule has 2 N–H and O–H groups in total. The van der Waals surface area contributed by atoms with Gasteiger partial charge in [-0.3, -0.25) is 13.9 Å². The maximum absolute atomic E-state index is 11.8. The minimum absolute atomic E-state index is 0.0326. The van der Waals surface area contributed by atoms with Gasteiger partial charge < -0.3 is 0 Å². The summed E-state index contributed by atoms with van der Waals surface area (Å²) in [5.74, 6) is -1.22. The van der Waals surface area contributed by atoms with Gasteiger partial charge in [0.15, 0.2) is 6.04 Å². The predicted octanol–water partition coefficient (Wildman–Crippen LogP) is 0.552. The number of benzene rings is 1. The lowest BCUT2D eigenvalue weighted by Crippen LogP contribution is -2.23. The molecule has 0 bridgehead atoms. The van der Waals surface area contributed by atoms with Crippen LogP contribution in [0.25, 0.3) is 6.08 Å². The van der Waals surface area contributed by atoms with E-state index in [1.807, 2.05) is 0 Å². The number of ketones is 1. The average molecular weight is 333 g/mol. The van der Waals surface area contributed by atoms with Crippen molar-refractivity contribution >= 4 is 32.1 Å². The molecule has 1 aromatic rings. The molecule has 9 nitrogen and oxygen atoms in total. The molecule has 21 heavy (non-hydrogen) atoms. The van der Waals surface area contributed by atoms with Crippen LogP contribution in [0.15, 0.2) is 33.2 Å². The first kappa shape index (κ1) is 15.4. The van der Waals surface area contributed by atoms with E-state index in [-0.39, 0.29) is 11.1 Å². The molecule has 2 rings (SSSR count). The highest BCUT2D eigenvalue weighted by molar-refractivity contribution is 7.91. The Morgan fingerprint density at radius 3 is 2.14 bits per heavy atom. The summed E-state index contributed by atoms with van der Waals surface area (Å²) in [6.45, 7) is 0. The molecule has 0 aliphatic heterocycles. The van der Waals surface area contributed by atoms with E-state index in [1.54, 1.807) is 0 Å². The zero-order valence-corrected chi connectivity index (χ0v) is 11.6. The fraction of sp³-hybridized carbons (Fsp3) is 0.100. The number of fused-ring (bicyclic) bond motifs is 1. The number of rotatable bonds is 3. The maximum Gasteiger partial charge on any atom is 0.298 e. The Balaban J connectivity index is 2.79. The molecule has 1 atom stereocenters. The number of nitroso groups, excluding NO2 is 1. The summed E-state index contributed by atoms with van der Waals surface area (Å²) in [7, 11) is -9.47. The fourth-order valence-corrected chi connectivity index (χ4v) is 3.04. The third-order valence-corrected chi connectivity index (χ3v) is 4.54. The number of Topliss-reactive ketones (excluding diaryl/α,β-unsaturated/α-hetero) is 1. The fourth-order valence-electron chi connectivity index (χ4n) is 1.88. The highest BCUT2D eigenvalue weighted by Crippen LogP contribution is 2.34. The molecule has 0 aromatic heterocycles. The predicted molar refractivity (Wildman–Crippen MR) is 69.3 cm³/mol. The molecule has 1 aliphatic carbocycles. The molecule has 0 saturated carbocycles. The first-order valence-corrected chi connectivity index (χ1v) is 8.11. The van der Waals surface area contributed by atoms with Crippen molar-refractivity contribution in [3.8, 4) is 0 Å². The Morgan fingerprint density at radius 1 is 1.05 bits per heavy atom. The second-order valence-electron chi connectivity index (χ2n) is 4.12. The highest BCUT2D eigenvalue weighted by atomic mass is 32.2. The first-order valence-electron chi connectivity index (χ1n) is 5.23. The van der Waals surface area contributed by atoms with Crippen molar-refractivity contribution in [3.63, 3.8) is 0 Å². The third kappa shape index (κ3) is 2.76. The van der Waals surface area contributed by atoms with Crippen LogP contribution in [0.4, 0.5) is 0 Å². The SMILES string of the molecule is O=NC1C(=O)C(S(=O)(=O)O)=Cc2cc(S(=O)(=O)O)ccc21. The summed E-state index contributed by atoms with van der Waals surface area (Å²) in [6, 6.07) is 1.13. The van der Waals surface area contributed by atoms with E-state index in [0.29, 0.717) is 6.08 Å². The summed E-state index contributed by atoms with van der Waals surface area (Å²) in [5, 5.41) is 2.50. The molecule has 0 amide bonds. The average Bonchev–Trinajstić information content (AvgIpc) is 2.35. The molecular weight excluding hydrogens is 326 g/mol. The van der Waals surface area contributed by atoms with Crippen LogP contribution in [0.1, 0.15) is 17.2 Å². The molecule has 11 heteroatoms. The molecule has 0 heterocycles. The Kier molecular flexibility index (Phi) is 3.53. The number of nitrogens with zero attached hydrogens (tertiary/aromatic N) is 1. The molecule has 0 fully saturated rings. The van der Waals surface area contributed by atoms with E-state index < -0.39 is 41.9 Å². The normalized spacial score (nSPS) is 18.9. The number of hydrogen-bond acceptors (Lipinski definition) is 7. The van der Waals surface area contributed by atoms with Gasteiger partial charge in [-0.05, 0) is 29.3 Å². The first-order chi connectivity index (χ1) is 9.55. The number of carbonyl (C=O) groups is 1. The van der Waals surface area contributed by atoms with Crippen molar-refractivity contribution in [1.82, 2.24) is 0 Å². The van der Waals surface area contributed by atoms with E-state index in [2.05, 4.69) is 5.18 Å². The molecule has 112 valence electrons. The van der Waals surface area contributed by atoms with Crippen molar-refractivity contribution in [2.45, 2.75) is 10.9 Å². The van der Waals surface area contributed by atoms with Crippen molar-refractivity contribution in [2.75, 3.05) is 0 Å². The van der Waals surface area contributed by atoms with Crippen molar-refractivity contribution in [2.24, 2.45) is 5.18 Å². The topological polar surface area (TPSA) is 155 Å². The zero-order valence-electron chi connectivity index (χ0n) is 9.99. The minimum Gasteiger partial charge on any atom is -0.290 e. The maximum atomic E-state index is 11.8. The summed E-state index contributed by atoms with van der Waals surface area (Å²) in [6.07, 6.45) is 0.712. The van der Waals surface area contributed by atoms with Crippen molar-refractivity contribution in [3.05, 3.63) is 39.1 Å². The Morgan fingerprint density at radius 2 is 1.67 bits per heavy atom. The molecular formula is C10H7NO8S2. The summed E-state index contributed by atoms with van der Waals surface area (Å²) >= 11 is 0. The number of carbonyl (C=O) groups excluding carboxylic acids is 1. The lowest BCUT2D eigenvalue weighted by atomic mass is 9.92. The van der Waals surface area contributed by atoms with Crippen LogP contribution in [-0.2, 0) is 25.0 Å². The van der Waals surface area contributed by atoms with Crippen LogP contribution in [0.3, 0.4) is 0 Å². The lowest BCUT2D eigenvalue weighted by Gasteiger charge is -2.18. The van der Waals surface area contributed by atoms with Crippen LogP contribution in [0.2, 0.25) is 0 Å². The standard InChI is InChI=1S/C10H7NO8S2/c12-10-8(21(17,18)19)4-5-3-6(20(14,15)16)1-2-7(5)9(10)11-13/h1-4,9H,(H,14,15,16)(H,17,18,19). The van der Waals surface area contributed by atoms with Crippen molar-refractivity contribution in [1.29, 1.82) is 0 Å². The second kappa shape index (κ2) is 4.80. The Labute approximate surface area is 118 Å². The van der Waals surface area contributed by atoms with Gasteiger partial charge in [0.1, 0.15) is 4.91 Å². The van der Waals surface area contributed by atoms with E-state index in [4.69, 9.17) is 9.11 Å². The van der Waals surface area contributed by atoms with Gasteiger partial charge in [0.2, 0.25) is 5.78 Å². The number of hydrogen-bond donors (Lipinski definition) is 2. The van der Waals surface area contributed by atoms with Gasteiger partial charge >= 0.3 is 0 Å². The molecule has 0 radical (unpaired) electrons. The molecule has 1 unspecified atom stereocenters. The van der Waals surface area contributed by atoms with Crippen LogP contribution < -0.4 is 0 Å². The van der Waals surface area contributed by atoms with E-state index in [0.717, 1.165) is 18.2 Å². The van der Waals surface area contributed by atoms with Crippen LogP contribution in [0, 0.1) is 4.91 Å². The lowest BCUT2D eigenvalue weighted by molar-refractivity contribution is -0.116. The van der Waals surface area contributed by atoms with Gasteiger partial charge in [0.05, 0.1) is 4.90 Å². The smallest absolute Gasteiger partial charge is 0.290 e. The molecule has 1 aliphatic rings. The zero-order chi connectivity index (χ0) is 16.0. The largest absolute Gasteiger partial charge is 0.298 e. The van der Waals surface area contributed by atoms with Crippen molar-refractivity contribution < 1.29 is 30.7 Å². The van der Waals surface area contributed by atoms with E-state index in [9.17, 15) is 26.5 Å².